The largest absolute Gasteiger partial charge is 0.380 e. The minimum Gasteiger partial charge on any atom is -0.380 e. The van der Waals surface area contributed by atoms with Crippen LogP contribution in [0.25, 0.3) is 0 Å². The van der Waals surface area contributed by atoms with Gasteiger partial charge in [-0.1, -0.05) is 39.5 Å². The number of aliphatic hydroxyl groups excluding tert-OH is 2. The van der Waals surface area contributed by atoms with Crippen LogP contribution in [0.2, 0.25) is 0 Å². The van der Waals surface area contributed by atoms with Crippen LogP contribution in [0.1, 0.15) is 27.7 Å². The summed E-state index contributed by atoms with van der Waals surface area (Å²) < 4.78 is 0. The molecular formula is C15H27N3O4. The highest BCUT2D eigenvalue weighted by Gasteiger charge is 2.29. The monoisotopic (exact) mass is 313 g/mol. The van der Waals surface area contributed by atoms with Gasteiger partial charge in [0, 0.05) is 25.0 Å². The van der Waals surface area contributed by atoms with E-state index in [-0.39, 0.29) is 18.5 Å². The van der Waals surface area contributed by atoms with E-state index in [9.17, 15) is 19.8 Å². The zero-order chi connectivity index (χ0) is 17.1. The first-order valence-electron chi connectivity index (χ1n) is 7.39. The van der Waals surface area contributed by atoms with Crippen LogP contribution in [0.3, 0.4) is 0 Å². The van der Waals surface area contributed by atoms with Crippen molar-refractivity contribution in [3.8, 4) is 11.8 Å². The zero-order valence-corrected chi connectivity index (χ0v) is 13.6. The smallest absolute Gasteiger partial charge is 0.252 e. The fourth-order valence-electron chi connectivity index (χ4n) is 1.43. The van der Waals surface area contributed by atoms with E-state index in [1.54, 1.807) is 0 Å². The Morgan fingerprint density at radius 1 is 0.955 bits per heavy atom. The molecule has 0 rings (SSSR count). The second-order valence-electron chi connectivity index (χ2n) is 5.48. The van der Waals surface area contributed by atoms with Gasteiger partial charge in [-0.2, -0.15) is 0 Å². The standard InChI is InChI=1S/C15H27N3O4/c1-10(2)6-5-7-17-14(21)12(19)13(20)15(22)18-9-8-16-11(3)4/h10-13,16,19-20H,7-9H2,1-4H3,(H,17,21)(H,18,22)/t12-,13+/m0/s1. The first-order chi connectivity index (χ1) is 10.3. The van der Waals surface area contributed by atoms with Crippen LogP contribution in [-0.2, 0) is 9.59 Å². The molecule has 22 heavy (non-hydrogen) atoms. The summed E-state index contributed by atoms with van der Waals surface area (Å²) in [5.41, 5.74) is 0. The fraction of sp³-hybridized carbons (Fsp3) is 0.733. The molecular weight excluding hydrogens is 286 g/mol. The Bertz CT molecular complexity index is 413. The van der Waals surface area contributed by atoms with Gasteiger partial charge in [0.05, 0.1) is 6.54 Å². The van der Waals surface area contributed by atoms with Gasteiger partial charge in [0.25, 0.3) is 11.8 Å². The highest BCUT2D eigenvalue weighted by atomic mass is 16.3. The third-order valence-corrected chi connectivity index (χ3v) is 2.55. The third-order valence-electron chi connectivity index (χ3n) is 2.55. The van der Waals surface area contributed by atoms with E-state index >= 15 is 0 Å². The number of carbonyl (C=O) groups is 2. The van der Waals surface area contributed by atoms with Crippen molar-refractivity contribution < 1.29 is 19.8 Å². The quantitative estimate of drug-likeness (QED) is 0.280. The Kier molecular flexibility index (Phi) is 10.2. The van der Waals surface area contributed by atoms with Gasteiger partial charge >= 0.3 is 0 Å². The zero-order valence-electron chi connectivity index (χ0n) is 13.6. The van der Waals surface area contributed by atoms with Gasteiger partial charge in [0.15, 0.2) is 12.2 Å². The average Bonchev–Trinajstić information content (AvgIpc) is 2.45. The summed E-state index contributed by atoms with van der Waals surface area (Å²) in [7, 11) is 0. The average molecular weight is 313 g/mol. The Morgan fingerprint density at radius 3 is 2.00 bits per heavy atom. The summed E-state index contributed by atoms with van der Waals surface area (Å²) in [5.74, 6) is 4.10. The summed E-state index contributed by atoms with van der Waals surface area (Å²) in [6, 6.07) is 0.283. The van der Waals surface area contributed by atoms with Crippen LogP contribution in [0.5, 0.6) is 0 Å². The van der Waals surface area contributed by atoms with Crippen molar-refractivity contribution in [1.29, 1.82) is 0 Å². The van der Waals surface area contributed by atoms with Crippen LogP contribution in [0, 0.1) is 17.8 Å². The van der Waals surface area contributed by atoms with Gasteiger partial charge < -0.3 is 26.2 Å². The number of rotatable bonds is 8. The minimum absolute atomic E-state index is 0.0563. The maximum Gasteiger partial charge on any atom is 0.252 e. The second-order valence-corrected chi connectivity index (χ2v) is 5.48. The van der Waals surface area contributed by atoms with Crippen molar-refractivity contribution in [3.63, 3.8) is 0 Å². The number of hydrogen-bond acceptors (Lipinski definition) is 5. The summed E-state index contributed by atoms with van der Waals surface area (Å²) in [6.45, 7) is 8.63. The van der Waals surface area contributed by atoms with Crippen molar-refractivity contribution in [2.24, 2.45) is 5.92 Å². The lowest BCUT2D eigenvalue weighted by Gasteiger charge is -2.17. The van der Waals surface area contributed by atoms with Crippen molar-refractivity contribution in [3.05, 3.63) is 0 Å². The van der Waals surface area contributed by atoms with Gasteiger partial charge in [0.2, 0.25) is 0 Å². The van der Waals surface area contributed by atoms with Crippen LogP contribution < -0.4 is 16.0 Å². The predicted octanol–water partition coefficient (Wildman–Crippen LogP) is -1.40. The molecule has 0 spiro atoms. The molecule has 7 heteroatoms. The van der Waals surface area contributed by atoms with Gasteiger partial charge in [0.1, 0.15) is 0 Å². The Balaban J connectivity index is 4.12. The van der Waals surface area contributed by atoms with E-state index in [1.165, 1.54) is 0 Å². The lowest BCUT2D eigenvalue weighted by molar-refractivity contribution is -0.145. The van der Waals surface area contributed by atoms with Gasteiger partial charge in [-0.15, -0.1) is 0 Å². The van der Waals surface area contributed by atoms with E-state index in [2.05, 4.69) is 27.8 Å². The molecule has 0 heterocycles. The molecule has 0 saturated heterocycles. The van der Waals surface area contributed by atoms with Crippen LogP contribution in [0.15, 0.2) is 0 Å². The highest BCUT2D eigenvalue weighted by molar-refractivity contribution is 5.90. The molecule has 0 aromatic heterocycles. The summed E-state index contributed by atoms with van der Waals surface area (Å²) in [4.78, 5) is 23.2. The molecule has 0 aromatic rings. The minimum atomic E-state index is -1.82. The molecule has 7 nitrogen and oxygen atoms in total. The molecule has 2 atom stereocenters. The summed E-state index contributed by atoms with van der Waals surface area (Å²) in [6.07, 6.45) is -3.63. The van der Waals surface area contributed by atoms with Gasteiger partial charge in [-0.25, -0.2) is 0 Å². The number of nitrogens with one attached hydrogen (secondary N) is 3. The van der Waals surface area contributed by atoms with Crippen molar-refractivity contribution in [1.82, 2.24) is 16.0 Å². The Hall–Kier alpha value is -1.62. The summed E-state index contributed by atoms with van der Waals surface area (Å²) in [5, 5.41) is 27.1. The predicted molar refractivity (Wildman–Crippen MR) is 83.8 cm³/mol. The van der Waals surface area contributed by atoms with E-state index < -0.39 is 24.0 Å². The molecule has 0 saturated carbocycles. The van der Waals surface area contributed by atoms with Crippen LogP contribution in [0.4, 0.5) is 0 Å². The second kappa shape index (κ2) is 11.0. The third kappa shape index (κ3) is 9.34. The van der Waals surface area contributed by atoms with E-state index in [0.29, 0.717) is 13.1 Å². The maximum atomic E-state index is 11.6. The Labute approximate surface area is 131 Å². The summed E-state index contributed by atoms with van der Waals surface area (Å²) >= 11 is 0. The van der Waals surface area contributed by atoms with Crippen LogP contribution in [-0.4, -0.2) is 59.9 Å². The molecule has 0 aliphatic heterocycles. The molecule has 126 valence electrons. The number of aliphatic hydroxyl groups is 2. The van der Waals surface area contributed by atoms with Crippen molar-refractivity contribution >= 4 is 11.8 Å². The number of amides is 2. The molecule has 0 unspecified atom stereocenters. The van der Waals surface area contributed by atoms with Crippen molar-refractivity contribution in [2.45, 2.75) is 45.9 Å². The highest BCUT2D eigenvalue weighted by Crippen LogP contribution is 1.94. The van der Waals surface area contributed by atoms with E-state index in [0.717, 1.165) is 0 Å². The SMILES string of the molecule is CC(C)C#CCNC(=O)[C@@H](O)[C@@H](O)C(=O)NCCNC(C)C. The molecule has 0 radical (unpaired) electrons. The molecule has 0 aromatic carbocycles. The molecule has 0 bridgehead atoms. The van der Waals surface area contributed by atoms with E-state index in [4.69, 9.17) is 0 Å². The van der Waals surface area contributed by atoms with Crippen LogP contribution >= 0.6 is 0 Å². The Morgan fingerprint density at radius 2 is 1.50 bits per heavy atom. The first-order valence-corrected chi connectivity index (χ1v) is 7.39. The molecule has 2 amide bonds. The normalized spacial score (nSPS) is 13.3. The lowest BCUT2D eigenvalue weighted by atomic mass is 10.1. The van der Waals surface area contributed by atoms with E-state index in [1.807, 2.05) is 27.7 Å². The topological polar surface area (TPSA) is 111 Å². The number of carbonyl (C=O) groups excluding carboxylic acids is 2. The molecule has 0 aliphatic rings. The van der Waals surface area contributed by atoms with Gasteiger partial charge in [-0.3, -0.25) is 9.59 Å². The lowest BCUT2D eigenvalue weighted by Crippen LogP contribution is -2.50. The molecule has 5 N–H and O–H groups in total. The molecule has 0 aliphatic carbocycles. The van der Waals surface area contributed by atoms with Gasteiger partial charge in [-0.05, 0) is 0 Å². The fourth-order valence-corrected chi connectivity index (χ4v) is 1.43. The van der Waals surface area contributed by atoms with Crippen molar-refractivity contribution in [2.75, 3.05) is 19.6 Å². The first kappa shape index (κ1) is 20.4. The number of hydrogen-bond donors (Lipinski definition) is 5. The molecule has 0 fully saturated rings. The maximum absolute atomic E-state index is 11.6.